The standard InChI is InChI=1S/C44H69NO12.C9H8O/c1-10-13-31-19-25(2)18-26(3)20-37(54-8)40-38(55-9)22-28(5)44(52,57-40)41(49)42(50)45-17-12-11-14-32(45)43(51)56-39(29(6)34(47)24-35(31)48)27(4)21-30-15-16-33(46)36(23-30)53-7;1-2-6-9-8(4-1)5-3-7-10-9/h10,19,21,26,28-34,36-40,46-47,52H,1,11-18,20,22-24H2,2-9H3;1-6H,7H2/b25-19+,27-21+;/t26-,28+,29+,30-,31+,32-,33+,34-,36+,37-,38-,39+,40+,44+;/m0./s1. The van der Waals surface area contributed by atoms with Crippen molar-refractivity contribution in [2.45, 2.75) is 160 Å². The second-order valence-electron chi connectivity index (χ2n) is 19.5. The van der Waals surface area contributed by atoms with Crippen LogP contribution in [0.5, 0.6) is 5.75 Å². The molecule has 14 heteroatoms. The van der Waals surface area contributed by atoms with Gasteiger partial charge >= 0.3 is 5.97 Å². The van der Waals surface area contributed by atoms with Crippen molar-refractivity contribution in [1.82, 2.24) is 4.90 Å². The third-order valence-electron chi connectivity index (χ3n) is 14.4. The van der Waals surface area contributed by atoms with E-state index in [9.17, 15) is 34.5 Å². The van der Waals surface area contributed by atoms with Crippen LogP contribution in [0.15, 0.2) is 66.3 Å². The molecule has 0 radical (unpaired) electrons. The number of rotatable bonds is 7. The summed E-state index contributed by atoms with van der Waals surface area (Å²) in [5.41, 5.74) is 2.78. The molecule has 1 amide bonds. The van der Waals surface area contributed by atoms with Gasteiger partial charge in [-0.15, -0.1) is 6.58 Å². The molecule has 5 aliphatic rings. The van der Waals surface area contributed by atoms with Crippen LogP contribution in [0.4, 0.5) is 0 Å². The van der Waals surface area contributed by atoms with Crippen molar-refractivity contribution >= 4 is 29.5 Å². The van der Waals surface area contributed by atoms with E-state index in [2.05, 4.69) is 12.7 Å². The summed E-state index contributed by atoms with van der Waals surface area (Å²) in [4.78, 5) is 57.8. The number of hydrogen-bond donors (Lipinski definition) is 3. The molecule has 1 aromatic rings. The van der Waals surface area contributed by atoms with Gasteiger partial charge in [-0.2, -0.15) is 0 Å². The molecule has 2 saturated heterocycles. The van der Waals surface area contributed by atoms with Gasteiger partial charge in [0, 0.05) is 57.6 Å². The molecule has 1 aliphatic carbocycles. The number of ether oxygens (including phenoxy) is 6. The summed E-state index contributed by atoms with van der Waals surface area (Å²) in [6.45, 7) is 13.8. The third-order valence-corrected chi connectivity index (χ3v) is 14.4. The van der Waals surface area contributed by atoms with Crippen molar-refractivity contribution < 1.29 is 62.9 Å². The average Bonchev–Trinajstić information content (AvgIpc) is 3.32. The fraction of sp³-hybridized carbons (Fsp3) is 0.660. The highest BCUT2D eigenvalue weighted by Crippen LogP contribution is 2.39. The number of fused-ring (bicyclic) bond motifs is 4. The summed E-state index contributed by atoms with van der Waals surface area (Å²) in [5, 5.41) is 34.1. The van der Waals surface area contributed by atoms with Gasteiger partial charge in [0.1, 0.15) is 36.4 Å². The number of aliphatic hydroxyl groups is 3. The number of amides is 1. The number of carbonyl (C=O) groups is 4. The zero-order valence-corrected chi connectivity index (χ0v) is 41.0. The smallest absolute Gasteiger partial charge is 0.329 e. The van der Waals surface area contributed by atoms with E-state index in [0.717, 1.165) is 11.3 Å². The quantitative estimate of drug-likeness (QED) is 0.149. The molecule has 0 unspecified atom stereocenters. The highest BCUT2D eigenvalue weighted by molar-refractivity contribution is 6.39. The average molecular weight is 936 g/mol. The lowest BCUT2D eigenvalue weighted by Crippen LogP contribution is -2.64. The SMILES string of the molecule is C1=Cc2ccccc2OC1.C=CC[C@@H]1/C=C(\C)C[C@H](C)C[C@H](OC)[C@H]2O[C@@](O)(C(=O)C(=O)N3CCCC[C@H]3C(=O)O[C@H](/C(C)=C/[C@@H]3CC[C@@H](O)[C@H](OC)C3)[C@H](C)[C@@H](O)CC1=O)[C@H](C)C[C@@H]2OC. The van der Waals surface area contributed by atoms with Crippen molar-refractivity contribution in [2.24, 2.45) is 29.6 Å². The minimum absolute atomic E-state index is 0.00988. The number of esters is 1. The number of Topliss-reactive ketones (excluding diaryl/α,β-unsaturated/α-hetero) is 2. The zero-order valence-electron chi connectivity index (χ0n) is 41.0. The van der Waals surface area contributed by atoms with Crippen molar-refractivity contribution in [3.8, 4) is 5.75 Å². The Balaban J connectivity index is 0.000000733. The summed E-state index contributed by atoms with van der Waals surface area (Å²) < 4.78 is 35.1. The Morgan fingerprint density at radius 3 is 2.30 bits per heavy atom. The Hall–Kier alpha value is -4.02. The first-order chi connectivity index (χ1) is 31.9. The summed E-state index contributed by atoms with van der Waals surface area (Å²) >= 11 is 0. The van der Waals surface area contributed by atoms with Crippen LogP contribution in [-0.4, -0.2) is 133 Å². The second-order valence-corrected chi connectivity index (χ2v) is 19.5. The van der Waals surface area contributed by atoms with E-state index < -0.39 is 83.9 Å². The number of hydrogen-bond acceptors (Lipinski definition) is 13. The van der Waals surface area contributed by atoms with Crippen LogP contribution in [0.25, 0.3) is 6.08 Å². The number of allylic oxidation sites excluding steroid dienone is 4. The van der Waals surface area contributed by atoms with Crippen LogP contribution in [0.1, 0.15) is 111 Å². The van der Waals surface area contributed by atoms with Crippen LogP contribution in [0.2, 0.25) is 0 Å². The van der Waals surface area contributed by atoms with E-state index in [4.69, 9.17) is 28.4 Å². The first-order valence-electron chi connectivity index (χ1n) is 24.2. The minimum atomic E-state index is -2.51. The van der Waals surface area contributed by atoms with Crippen molar-refractivity contribution in [1.29, 1.82) is 0 Å². The van der Waals surface area contributed by atoms with Crippen molar-refractivity contribution in [2.75, 3.05) is 34.5 Å². The van der Waals surface area contributed by atoms with E-state index in [1.54, 1.807) is 27.0 Å². The van der Waals surface area contributed by atoms with Gasteiger partial charge in [-0.05, 0) is 108 Å². The van der Waals surface area contributed by atoms with E-state index in [1.807, 2.05) is 63.3 Å². The molecule has 14 nitrogen and oxygen atoms in total. The predicted molar refractivity (Wildman–Crippen MR) is 254 cm³/mol. The molecule has 1 saturated carbocycles. The van der Waals surface area contributed by atoms with Gasteiger partial charge < -0.3 is 48.6 Å². The molecule has 14 atom stereocenters. The largest absolute Gasteiger partial charge is 0.489 e. The van der Waals surface area contributed by atoms with Gasteiger partial charge in [0.25, 0.3) is 11.7 Å². The zero-order chi connectivity index (χ0) is 49.0. The highest BCUT2D eigenvalue weighted by atomic mass is 16.7. The highest BCUT2D eigenvalue weighted by Gasteiger charge is 2.56. The van der Waals surface area contributed by atoms with Crippen LogP contribution >= 0.6 is 0 Å². The summed E-state index contributed by atoms with van der Waals surface area (Å²) in [5.74, 6) is -6.77. The molecule has 372 valence electrons. The number of para-hydroxylation sites is 1. The van der Waals surface area contributed by atoms with Crippen LogP contribution in [-0.2, 0) is 42.9 Å². The van der Waals surface area contributed by atoms with Gasteiger partial charge in [-0.3, -0.25) is 14.4 Å². The number of cyclic esters (lactones) is 1. The number of piperidine rings is 1. The lowest BCUT2D eigenvalue weighted by molar-refractivity contribution is -0.302. The van der Waals surface area contributed by atoms with Gasteiger partial charge in [0.05, 0.1) is 30.5 Å². The Labute approximate surface area is 397 Å². The molecule has 67 heavy (non-hydrogen) atoms. The molecular formula is C53H77NO13. The third kappa shape index (κ3) is 13.6. The number of aliphatic hydroxyl groups excluding tert-OH is 2. The first kappa shape index (κ1) is 53.9. The topological polar surface area (TPSA) is 188 Å². The van der Waals surface area contributed by atoms with E-state index in [0.29, 0.717) is 63.5 Å². The number of nitrogens with zero attached hydrogens (tertiary/aromatic N) is 1. The summed E-state index contributed by atoms with van der Waals surface area (Å²) in [7, 11) is 4.61. The van der Waals surface area contributed by atoms with Gasteiger partial charge in [-0.25, -0.2) is 4.79 Å². The maximum absolute atomic E-state index is 14.3. The molecule has 1 aromatic carbocycles. The molecule has 4 heterocycles. The molecule has 2 bridgehead atoms. The van der Waals surface area contributed by atoms with Crippen LogP contribution in [0.3, 0.4) is 0 Å². The maximum atomic E-state index is 14.3. The van der Waals surface area contributed by atoms with Crippen LogP contribution < -0.4 is 4.74 Å². The van der Waals surface area contributed by atoms with E-state index in [-0.39, 0.29) is 49.5 Å². The molecule has 3 N–H and O–H groups in total. The molecule has 3 fully saturated rings. The van der Waals surface area contributed by atoms with Crippen molar-refractivity contribution in [3.05, 3.63) is 71.9 Å². The lowest BCUT2D eigenvalue weighted by Gasteiger charge is -2.47. The first-order valence-corrected chi connectivity index (χ1v) is 24.2. The fourth-order valence-electron chi connectivity index (χ4n) is 10.5. The van der Waals surface area contributed by atoms with Gasteiger partial charge in [0.15, 0.2) is 0 Å². The predicted octanol–water partition coefficient (Wildman–Crippen LogP) is 6.73. The normalized spacial score (nSPS) is 36.9. The van der Waals surface area contributed by atoms with Gasteiger partial charge in [0.2, 0.25) is 5.79 Å². The fourth-order valence-corrected chi connectivity index (χ4v) is 10.5. The molecule has 0 aromatic heterocycles. The summed E-state index contributed by atoms with van der Waals surface area (Å²) in [6, 6.07) is 6.88. The minimum Gasteiger partial charge on any atom is -0.489 e. The molecular weight excluding hydrogens is 859 g/mol. The van der Waals surface area contributed by atoms with Crippen LogP contribution in [0, 0.1) is 29.6 Å². The second kappa shape index (κ2) is 25.0. The number of ketones is 2. The molecule has 6 rings (SSSR count). The number of carbonyl (C=O) groups excluding carboxylic acids is 4. The van der Waals surface area contributed by atoms with E-state index >= 15 is 0 Å². The lowest BCUT2D eigenvalue weighted by atomic mass is 9.81. The monoisotopic (exact) mass is 936 g/mol. The Morgan fingerprint density at radius 2 is 1.61 bits per heavy atom. The van der Waals surface area contributed by atoms with Crippen molar-refractivity contribution in [3.63, 3.8) is 0 Å². The number of methoxy groups -OCH3 is 3. The molecule has 4 aliphatic heterocycles. The van der Waals surface area contributed by atoms with E-state index in [1.165, 1.54) is 24.7 Å². The maximum Gasteiger partial charge on any atom is 0.329 e. The molecule has 0 spiro atoms. The Morgan fingerprint density at radius 1 is 0.910 bits per heavy atom. The Bertz CT molecular complexity index is 1950. The summed E-state index contributed by atoms with van der Waals surface area (Å²) in [6.07, 6.45) is 9.03. The van der Waals surface area contributed by atoms with Gasteiger partial charge in [-0.1, -0.05) is 68.8 Å². The number of benzene rings is 1. The Kier molecular flexibility index (Phi) is 20.1.